The number of pyridine rings is 1. The molecule has 0 radical (unpaired) electrons. The summed E-state index contributed by atoms with van der Waals surface area (Å²) in [4.78, 5) is 16.2. The van der Waals surface area contributed by atoms with Gasteiger partial charge < -0.3 is 10.6 Å². The highest BCUT2D eigenvalue weighted by molar-refractivity contribution is 5.94. The van der Waals surface area contributed by atoms with Gasteiger partial charge in [0.05, 0.1) is 5.56 Å². The Labute approximate surface area is 149 Å². The number of halogens is 2. The number of carbonyl (C=O) groups is 1. The lowest BCUT2D eigenvalue weighted by Gasteiger charge is -2.08. The lowest BCUT2D eigenvalue weighted by atomic mass is 10.1. The molecule has 0 atom stereocenters. The third-order valence-electron chi connectivity index (χ3n) is 3.76. The minimum Gasteiger partial charge on any atom is -0.352 e. The number of rotatable bonds is 6. The monoisotopic (exact) mass is 353 g/mol. The Morgan fingerprint density at radius 2 is 1.77 bits per heavy atom. The summed E-state index contributed by atoms with van der Waals surface area (Å²) in [5.74, 6) is -1.64. The molecular formula is C20H17F2N3O. The summed E-state index contributed by atoms with van der Waals surface area (Å²) < 4.78 is 26.1. The molecule has 0 saturated heterocycles. The fraction of sp³-hybridized carbons (Fsp3) is 0.100. The van der Waals surface area contributed by atoms with E-state index in [1.807, 2.05) is 30.3 Å². The van der Waals surface area contributed by atoms with Gasteiger partial charge in [0.1, 0.15) is 5.82 Å². The Balaban J connectivity index is 1.54. The van der Waals surface area contributed by atoms with Crippen LogP contribution in [0.4, 0.5) is 20.3 Å². The zero-order valence-corrected chi connectivity index (χ0v) is 13.9. The average Bonchev–Trinajstić information content (AvgIpc) is 2.66. The van der Waals surface area contributed by atoms with E-state index in [9.17, 15) is 13.6 Å². The van der Waals surface area contributed by atoms with Crippen molar-refractivity contribution in [3.8, 4) is 0 Å². The van der Waals surface area contributed by atoms with E-state index in [1.54, 1.807) is 12.1 Å². The van der Waals surface area contributed by atoms with Crippen molar-refractivity contribution >= 4 is 17.4 Å². The standard InChI is InChI=1S/C20H17F2N3O/c21-17-8-7-16(12-18(17)22)25-19-9-6-15(13-24-19)20(26)23-11-10-14-4-2-1-3-5-14/h1-9,12-13H,10-11H2,(H,23,26)(H,24,25). The van der Waals surface area contributed by atoms with Crippen LogP contribution in [0.1, 0.15) is 15.9 Å². The van der Waals surface area contributed by atoms with Crippen LogP contribution in [0, 0.1) is 11.6 Å². The fourth-order valence-electron chi connectivity index (χ4n) is 2.39. The molecule has 1 amide bonds. The molecule has 0 fully saturated rings. The van der Waals surface area contributed by atoms with Gasteiger partial charge in [-0.05, 0) is 36.2 Å². The van der Waals surface area contributed by atoms with Gasteiger partial charge in [-0.15, -0.1) is 0 Å². The predicted molar refractivity (Wildman–Crippen MR) is 96.4 cm³/mol. The molecular weight excluding hydrogens is 336 g/mol. The van der Waals surface area contributed by atoms with Crippen molar-refractivity contribution in [2.75, 3.05) is 11.9 Å². The minimum absolute atomic E-state index is 0.215. The van der Waals surface area contributed by atoms with E-state index in [0.717, 1.165) is 24.1 Å². The summed E-state index contributed by atoms with van der Waals surface area (Å²) in [6.07, 6.45) is 2.18. The zero-order chi connectivity index (χ0) is 18.4. The van der Waals surface area contributed by atoms with Gasteiger partial charge in [0.25, 0.3) is 5.91 Å². The van der Waals surface area contributed by atoms with Crippen LogP contribution in [0.15, 0.2) is 66.9 Å². The summed E-state index contributed by atoms with van der Waals surface area (Å²) in [6, 6.07) is 16.6. The molecule has 0 spiro atoms. The highest BCUT2D eigenvalue weighted by atomic mass is 19.2. The van der Waals surface area contributed by atoms with Gasteiger partial charge in [-0.2, -0.15) is 0 Å². The first-order valence-corrected chi connectivity index (χ1v) is 8.12. The number of aromatic nitrogens is 1. The molecule has 2 N–H and O–H groups in total. The van der Waals surface area contributed by atoms with Crippen LogP contribution in [-0.2, 0) is 6.42 Å². The Kier molecular flexibility index (Phi) is 5.53. The number of hydrogen-bond donors (Lipinski definition) is 2. The summed E-state index contributed by atoms with van der Waals surface area (Å²) in [6.45, 7) is 0.526. The number of nitrogens with zero attached hydrogens (tertiary/aromatic N) is 1. The van der Waals surface area contributed by atoms with E-state index < -0.39 is 11.6 Å². The van der Waals surface area contributed by atoms with Gasteiger partial charge >= 0.3 is 0 Å². The van der Waals surface area contributed by atoms with Gasteiger partial charge in [0.2, 0.25) is 0 Å². The quantitative estimate of drug-likeness (QED) is 0.702. The van der Waals surface area contributed by atoms with Crippen LogP contribution in [-0.4, -0.2) is 17.4 Å². The van der Waals surface area contributed by atoms with E-state index in [1.165, 1.54) is 12.3 Å². The Bertz CT molecular complexity index is 883. The molecule has 0 saturated carbocycles. The highest BCUT2D eigenvalue weighted by Gasteiger charge is 2.07. The van der Waals surface area contributed by atoms with Crippen LogP contribution in [0.2, 0.25) is 0 Å². The molecule has 0 aliphatic rings. The zero-order valence-electron chi connectivity index (χ0n) is 13.9. The van der Waals surface area contributed by atoms with Gasteiger partial charge in [0.15, 0.2) is 11.6 Å². The van der Waals surface area contributed by atoms with Crippen molar-refractivity contribution in [3.63, 3.8) is 0 Å². The molecule has 0 aliphatic heterocycles. The summed E-state index contributed by atoms with van der Waals surface area (Å²) in [7, 11) is 0. The van der Waals surface area contributed by atoms with Gasteiger partial charge in [-0.25, -0.2) is 13.8 Å². The third kappa shape index (κ3) is 4.63. The largest absolute Gasteiger partial charge is 0.352 e. The smallest absolute Gasteiger partial charge is 0.252 e. The number of anilines is 2. The lowest BCUT2D eigenvalue weighted by Crippen LogP contribution is -2.25. The van der Waals surface area contributed by atoms with Crippen LogP contribution in [0.3, 0.4) is 0 Å². The van der Waals surface area contributed by atoms with Gasteiger partial charge in [-0.3, -0.25) is 4.79 Å². The van der Waals surface area contributed by atoms with Crippen molar-refractivity contribution in [1.82, 2.24) is 10.3 Å². The molecule has 3 rings (SSSR count). The van der Waals surface area contributed by atoms with E-state index in [-0.39, 0.29) is 5.91 Å². The van der Waals surface area contributed by atoms with E-state index in [0.29, 0.717) is 23.6 Å². The maximum absolute atomic E-state index is 13.2. The van der Waals surface area contributed by atoms with Crippen molar-refractivity contribution in [2.24, 2.45) is 0 Å². The Morgan fingerprint density at radius 3 is 2.46 bits per heavy atom. The SMILES string of the molecule is O=C(NCCc1ccccc1)c1ccc(Nc2ccc(F)c(F)c2)nc1. The van der Waals surface area contributed by atoms with Crippen molar-refractivity contribution < 1.29 is 13.6 Å². The Hall–Kier alpha value is -3.28. The molecule has 0 unspecified atom stereocenters. The summed E-state index contributed by atoms with van der Waals surface area (Å²) in [5, 5.41) is 5.69. The van der Waals surface area contributed by atoms with Gasteiger partial charge in [-0.1, -0.05) is 30.3 Å². The van der Waals surface area contributed by atoms with Crippen LogP contribution < -0.4 is 10.6 Å². The lowest BCUT2D eigenvalue weighted by molar-refractivity contribution is 0.0954. The average molecular weight is 353 g/mol. The molecule has 2 aromatic carbocycles. The van der Waals surface area contributed by atoms with Gasteiger partial charge in [0, 0.05) is 24.5 Å². The minimum atomic E-state index is -0.940. The third-order valence-corrected chi connectivity index (χ3v) is 3.76. The summed E-state index contributed by atoms with van der Waals surface area (Å²) >= 11 is 0. The number of hydrogen-bond acceptors (Lipinski definition) is 3. The molecule has 4 nitrogen and oxygen atoms in total. The molecule has 0 bridgehead atoms. The molecule has 132 valence electrons. The number of carbonyl (C=O) groups excluding carboxylic acids is 1. The normalized spacial score (nSPS) is 10.4. The van der Waals surface area contributed by atoms with Crippen LogP contribution >= 0.6 is 0 Å². The first kappa shape index (κ1) is 17.5. The predicted octanol–water partition coefficient (Wildman–Crippen LogP) is 4.08. The topological polar surface area (TPSA) is 54.0 Å². The number of nitrogens with one attached hydrogen (secondary N) is 2. The maximum Gasteiger partial charge on any atom is 0.252 e. The first-order chi connectivity index (χ1) is 12.6. The van der Waals surface area contributed by atoms with Crippen LogP contribution in [0.25, 0.3) is 0 Å². The van der Waals surface area contributed by atoms with E-state index in [4.69, 9.17) is 0 Å². The second-order valence-electron chi connectivity index (χ2n) is 5.68. The molecule has 0 aliphatic carbocycles. The Morgan fingerprint density at radius 1 is 0.962 bits per heavy atom. The second kappa shape index (κ2) is 8.20. The fourth-order valence-corrected chi connectivity index (χ4v) is 2.39. The number of amides is 1. The molecule has 3 aromatic rings. The van der Waals surface area contributed by atoms with Crippen LogP contribution in [0.5, 0.6) is 0 Å². The second-order valence-corrected chi connectivity index (χ2v) is 5.68. The van der Waals surface area contributed by atoms with E-state index in [2.05, 4.69) is 15.6 Å². The molecule has 6 heteroatoms. The molecule has 26 heavy (non-hydrogen) atoms. The highest BCUT2D eigenvalue weighted by Crippen LogP contribution is 2.17. The molecule has 1 aromatic heterocycles. The van der Waals surface area contributed by atoms with Crippen molar-refractivity contribution in [3.05, 3.63) is 89.6 Å². The van der Waals surface area contributed by atoms with Crippen molar-refractivity contribution in [1.29, 1.82) is 0 Å². The first-order valence-electron chi connectivity index (χ1n) is 8.12. The summed E-state index contributed by atoms with van der Waals surface area (Å²) in [5.41, 5.74) is 1.95. The van der Waals surface area contributed by atoms with Crippen molar-refractivity contribution in [2.45, 2.75) is 6.42 Å². The maximum atomic E-state index is 13.2. The van der Waals surface area contributed by atoms with E-state index >= 15 is 0 Å². The number of benzene rings is 2. The molecule has 1 heterocycles.